The van der Waals surface area contributed by atoms with Crippen LogP contribution >= 0.6 is 0 Å². The number of anilines is 2. The van der Waals surface area contributed by atoms with Gasteiger partial charge in [-0.25, -0.2) is 9.97 Å². The lowest BCUT2D eigenvalue weighted by Crippen LogP contribution is -2.31. The van der Waals surface area contributed by atoms with Gasteiger partial charge in [0.2, 0.25) is 0 Å². The summed E-state index contributed by atoms with van der Waals surface area (Å²) in [6.45, 7) is 2.75. The first-order valence-corrected chi connectivity index (χ1v) is 6.49. The Balaban J connectivity index is 2.35. The zero-order chi connectivity index (χ0) is 14.4. The van der Waals surface area contributed by atoms with Gasteiger partial charge in [-0.2, -0.15) is 0 Å². The Hall–Kier alpha value is -1.92. The highest BCUT2D eigenvalue weighted by Crippen LogP contribution is 2.24. The summed E-state index contributed by atoms with van der Waals surface area (Å²) in [6.07, 6.45) is 1.56. The molecule has 0 aliphatic heterocycles. The molecule has 1 aromatic heterocycles. The zero-order valence-electron chi connectivity index (χ0n) is 11.9. The van der Waals surface area contributed by atoms with Crippen molar-refractivity contribution in [2.75, 3.05) is 51.2 Å². The molecule has 0 amide bonds. The molecule has 2 N–H and O–H groups in total. The Morgan fingerprint density at radius 1 is 1.10 bits per heavy atom. The first-order valence-electron chi connectivity index (χ1n) is 6.49. The molecular weight excluding hydrogens is 256 g/mol. The lowest BCUT2D eigenvalue weighted by molar-refractivity contribution is 0.190. The molecule has 2 aromatic rings. The van der Waals surface area contributed by atoms with E-state index in [0.29, 0.717) is 18.9 Å². The maximum atomic E-state index is 5.80. The molecule has 0 bridgehead atoms. The van der Waals surface area contributed by atoms with Gasteiger partial charge in [0.1, 0.15) is 12.1 Å². The van der Waals surface area contributed by atoms with Crippen molar-refractivity contribution in [3.05, 3.63) is 24.5 Å². The molecule has 108 valence electrons. The van der Waals surface area contributed by atoms with E-state index in [0.717, 1.165) is 29.8 Å². The van der Waals surface area contributed by atoms with Crippen LogP contribution in [0.25, 0.3) is 10.9 Å². The van der Waals surface area contributed by atoms with Crippen LogP contribution in [0.1, 0.15) is 0 Å². The van der Waals surface area contributed by atoms with Gasteiger partial charge in [0.05, 0.1) is 18.7 Å². The fourth-order valence-corrected chi connectivity index (χ4v) is 2.04. The summed E-state index contributed by atoms with van der Waals surface area (Å²) in [5, 5.41) is 0.980. The first kappa shape index (κ1) is 14.5. The number of ether oxygens (including phenoxy) is 2. The van der Waals surface area contributed by atoms with E-state index in [2.05, 4.69) is 14.9 Å². The first-order chi connectivity index (χ1) is 9.76. The average molecular weight is 276 g/mol. The van der Waals surface area contributed by atoms with Gasteiger partial charge < -0.3 is 20.1 Å². The van der Waals surface area contributed by atoms with Gasteiger partial charge in [-0.3, -0.25) is 0 Å². The number of hydrogen-bond donors (Lipinski definition) is 1. The van der Waals surface area contributed by atoms with E-state index in [1.54, 1.807) is 20.5 Å². The van der Waals surface area contributed by atoms with Crippen LogP contribution in [0.5, 0.6) is 0 Å². The van der Waals surface area contributed by atoms with E-state index in [-0.39, 0.29) is 0 Å². The van der Waals surface area contributed by atoms with Crippen LogP contribution in [-0.2, 0) is 9.47 Å². The minimum Gasteiger partial charge on any atom is -0.399 e. The minimum atomic E-state index is 0.629. The molecule has 0 saturated heterocycles. The third-order valence-corrected chi connectivity index (χ3v) is 3.07. The monoisotopic (exact) mass is 276 g/mol. The predicted octanol–water partition coefficient (Wildman–Crippen LogP) is 1.31. The van der Waals surface area contributed by atoms with E-state index < -0.39 is 0 Å². The zero-order valence-corrected chi connectivity index (χ0v) is 11.9. The quantitative estimate of drug-likeness (QED) is 0.769. The Morgan fingerprint density at radius 2 is 1.80 bits per heavy atom. The highest BCUT2D eigenvalue weighted by atomic mass is 16.5. The summed E-state index contributed by atoms with van der Waals surface area (Å²) >= 11 is 0. The fourth-order valence-electron chi connectivity index (χ4n) is 2.04. The number of hydrogen-bond acceptors (Lipinski definition) is 6. The molecule has 0 spiro atoms. The highest BCUT2D eigenvalue weighted by Gasteiger charge is 2.12. The van der Waals surface area contributed by atoms with Gasteiger partial charge in [-0.15, -0.1) is 0 Å². The number of methoxy groups -OCH3 is 2. The van der Waals surface area contributed by atoms with E-state index >= 15 is 0 Å². The van der Waals surface area contributed by atoms with Crippen LogP contribution in [0.15, 0.2) is 24.5 Å². The molecule has 0 unspecified atom stereocenters. The number of rotatable bonds is 7. The Bertz CT molecular complexity index is 554. The lowest BCUT2D eigenvalue weighted by Gasteiger charge is -2.24. The minimum absolute atomic E-state index is 0.629. The topological polar surface area (TPSA) is 73.5 Å². The smallest absolute Gasteiger partial charge is 0.140 e. The molecule has 1 aromatic carbocycles. The Kier molecular flexibility index (Phi) is 5.09. The summed E-state index contributed by atoms with van der Waals surface area (Å²) in [5.41, 5.74) is 7.34. The molecule has 2 rings (SSSR count). The van der Waals surface area contributed by atoms with Crippen molar-refractivity contribution >= 4 is 22.4 Å². The number of benzene rings is 1. The van der Waals surface area contributed by atoms with Crippen LogP contribution in [-0.4, -0.2) is 50.5 Å². The summed E-state index contributed by atoms with van der Waals surface area (Å²) in [6, 6.07) is 5.66. The summed E-state index contributed by atoms with van der Waals surface area (Å²) in [4.78, 5) is 10.8. The van der Waals surface area contributed by atoms with Crippen molar-refractivity contribution in [1.82, 2.24) is 9.97 Å². The van der Waals surface area contributed by atoms with Crippen molar-refractivity contribution in [2.45, 2.75) is 0 Å². The van der Waals surface area contributed by atoms with E-state index in [4.69, 9.17) is 15.2 Å². The fraction of sp³-hybridized carbons (Fsp3) is 0.429. The van der Waals surface area contributed by atoms with Crippen molar-refractivity contribution in [1.29, 1.82) is 0 Å². The van der Waals surface area contributed by atoms with Crippen LogP contribution in [0, 0.1) is 0 Å². The summed E-state index contributed by atoms with van der Waals surface area (Å²) < 4.78 is 10.3. The number of fused-ring (bicyclic) bond motifs is 1. The highest BCUT2D eigenvalue weighted by molar-refractivity contribution is 5.91. The number of nitrogens with zero attached hydrogens (tertiary/aromatic N) is 3. The lowest BCUT2D eigenvalue weighted by atomic mass is 10.2. The summed E-state index contributed by atoms with van der Waals surface area (Å²) in [7, 11) is 3.38. The molecule has 0 fully saturated rings. The van der Waals surface area contributed by atoms with Crippen molar-refractivity contribution in [3.63, 3.8) is 0 Å². The standard InChI is InChI=1S/C14H20N4O2/c1-19-7-5-18(6-8-20-2)14-12-4-3-11(15)9-13(12)16-10-17-14/h3-4,9-10H,5-8,15H2,1-2H3. The van der Waals surface area contributed by atoms with Crippen LogP contribution in [0.2, 0.25) is 0 Å². The van der Waals surface area contributed by atoms with Gasteiger partial charge in [-0.1, -0.05) is 0 Å². The molecular formula is C14H20N4O2. The van der Waals surface area contributed by atoms with Crippen LogP contribution in [0.3, 0.4) is 0 Å². The molecule has 0 aliphatic rings. The van der Waals surface area contributed by atoms with Crippen LogP contribution in [0.4, 0.5) is 11.5 Å². The third-order valence-electron chi connectivity index (χ3n) is 3.07. The normalized spacial score (nSPS) is 10.9. The van der Waals surface area contributed by atoms with E-state index in [1.807, 2.05) is 18.2 Å². The largest absolute Gasteiger partial charge is 0.399 e. The van der Waals surface area contributed by atoms with Gasteiger partial charge in [-0.05, 0) is 18.2 Å². The molecule has 0 aliphatic carbocycles. The van der Waals surface area contributed by atoms with Crippen LogP contribution < -0.4 is 10.6 Å². The average Bonchev–Trinajstić information content (AvgIpc) is 2.47. The second-order valence-electron chi connectivity index (χ2n) is 4.45. The second kappa shape index (κ2) is 7.02. The van der Waals surface area contributed by atoms with Gasteiger partial charge in [0.25, 0.3) is 0 Å². The Morgan fingerprint density at radius 3 is 2.45 bits per heavy atom. The van der Waals surface area contributed by atoms with Gasteiger partial charge in [0.15, 0.2) is 0 Å². The van der Waals surface area contributed by atoms with Crippen molar-refractivity contribution in [3.8, 4) is 0 Å². The maximum Gasteiger partial charge on any atom is 0.140 e. The maximum absolute atomic E-state index is 5.80. The number of nitrogen functional groups attached to an aromatic ring is 1. The molecule has 0 radical (unpaired) electrons. The third kappa shape index (κ3) is 3.34. The molecule has 6 heteroatoms. The van der Waals surface area contributed by atoms with E-state index in [9.17, 15) is 0 Å². The van der Waals surface area contributed by atoms with Gasteiger partial charge >= 0.3 is 0 Å². The number of aromatic nitrogens is 2. The van der Waals surface area contributed by atoms with Crippen molar-refractivity contribution in [2.24, 2.45) is 0 Å². The second-order valence-corrected chi connectivity index (χ2v) is 4.45. The number of nitrogens with two attached hydrogens (primary N) is 1. The molecule has 0 saturated carbocycles. The molecule has 0 atom stereocenters. The summed E-state index contributed by atoms with van der Waals surface area (Å²) in [5.74, 6) is 0.879. The molecule has 20 heavy (non-hydrogen) atoms. The van der Waals surface area contributed by atoms with Crippen molar-refractivity contribution < 1.29 is 9.47 Å². The predicted molar refractivity (Wildman–Crippen MR) is 79.9 cm³/mol. The van der Waals surface area contributed by atoms with Gasteiger partial charge in [0, 0.05) is 38.4 Å². The SMILES string of the molecule is COCCN(CCOC)c1ncnc2cc(N)ccc12. The Labute approximate surface area is 118 Å². The molecule has 1 heterocycles. The van der Waals surface area contributed by atoms with E-state index in [1.165, 1.54) is 0 Å². The molecule has 6 nitrogen and oxygen atoms in total.